The van der Waals surface area contributed by atoms with E-state index in [-0.39, 0.29) is 5.91 Å². The number of rotatable bonds is 5. The number of nitrogens with one attached hydrogen (secondary N) is 1. The molecule has 0 aromatic heterocycles. The first kappa shape index (κ1) is 15.0. The van der Waals surface area contributed by atoms with E-state index in [0.717, 1.165) is 26.3 Å². The van der Waals surface area contributed by atoms with Crippen LogP contribution in [0.4, 0.5) is 0 Å². The highest BCUT2D eigenvalue weighted by molar-refractivity contribution is 5.93. The maximum Gasteiger partial charge on any atom is 0.265 e. The molecule has 1 aromatic carbocycles. The van der Waals surface area contributed by atoms with Crippen molar-refractivity contribution in [3.05, 3.63) is 35.4 Å². The van der Waals surface area contributed by atoms with Gasteiger partial charge in [0.25, 0.3) is 5.91 Å². The number of ether oxygens (including phenoxy) is 1. The lowest BCUT2D eigenvalue weighted by Crippen LogP contribution is -2.31. The summed E-state index contributed by atoms with van der Waals surface area (Å²) in [5, 5.41) is 0. The highest BCUT2D eigenvalue weighted by Gasteiger charge is 2.16. The first-order chi connectivity index (χ1) is 9.69. The minimum absolute atomic E-state index is 0.260. The summed E-state index contributed by atoms with van der Waals surface area (Å²) in [4.78, 5) is 13.7. The molecule has 1 saturated heterocycles. The molecule has 5 nitrogen and oxygen atoms in total. The van der Waals surface area contributed by atoms with Gasteiger partial charge in [-0.15, -0.1) is 0 Å². The lowest BCUT2D eigenvalue weighted by atomic mass is 10.0. The molecular weight excluding hydrogens is 254 g/mol. The van der Waals surface area contributed by atoms with E-state index in [0.29, 0.717) is 11.5 Å². The number of benzene rings is 1. The fourth-order valence-corrected chi connectivity index (χ4v) is 2.61. The Morgan fingerprint density at radius 2 is 2.20 bits per heavy atom. The summed E-state index contributed by atoms with van der Waals surface area (Å²) >= 11 is 0. The van der Waals surface area contributed by atoms with Gasteiger partial charge in [-0.2, -0.15) is 0 Å². The Kier molecular flexibility index (Phi) is 5.52. The van der Waals surface area contributed by atoms with Gasteiger partial charge >= 0.3 is 0 Å². The molecule has 1 unspecified atom stereocenters. The predicted molar refractivity (Wildman–Crippen MR) is 78.0 cm³/mol. The number of hydrogen-bond acceptors (Lipinski definition) is 4. The molecule has 5 heteroatoms. The molecule has 1 aromatic rings. The average molecular weight is 277 g/mol. The smallest absolute Gasteiger partial charge is 0.265 e. The molecule has 1 heterocycles. The summed E-state index contributed by atoms with van der Waals surface area (Å²) in [6.07, 6.45) is 2.42. The molecule has 1 atom stereocenters. The van der Waals surface area contributed by atoms with Gasteiger partial charge in [0.15, 0.2) is 0 Å². The molecular formula is C15H23N3O2. The molecule has 2 rings (SSSR count). The van der Waals surface area contributed by atoms with E-state index in [1.807, 2.05) is 12.1 Å². The van der Waals surface area contributed by atoms with Gasteiger partial charge in [0.2, 0.25) is 0 Å². The second-order valence-electron chi connectivity index (χ2n) is 5.45. The number of nitrogens with zero attached hydrogens (tertiary/aromatic N) is 1. The highest BCUT2D eigenvalue weighted by atomic mass is 16.5. The van der Waals surface area contributed by atoms with Crippen molar-refractivity contribution in [3.8, 4) is 0 Å². The van der Waals surface area contributed by atoms with Gasteiger partial charge in [-0.25, -0.2) is 5.84 Å². The van der Waals surface area contributed by atoms with Crippen molar-refractivity contribution in [2.75, 3.05) is 26.8 Å². The average Bonchev–Trinajstić information content (AvgIpc) is 2.48. The fourth-order valence-electron chi connectivity index (χ4n) is 2.61. The standard InChI is InChI=1S/C15H23N3O2/c1-18(10-13-3-2-8-20-11-13)9-12-4-6-14(7-5-12)15(19)17-16/h4-7,13H,2-3,8-11,16H2,1H3,(H,17,19). The summed E-state index contributed by atoms with van der Waals surface area (Å²) in [7, 11) is 2.12. The number of hydrazine groups is 1. The van der Waals surface area contributed by atoms with Crippen LogP contribution in [0.5, 0.6) is 0 Å². The minimum Gasteiger partial charge on any atom is -0.381 e. The molecule has 0 saturated carbocycles. The predicted octanol–water partition coefficient (Wildman–Crippen LogP) is 1.15. The maximum atomic E-state index is 11.3. The Morgan fingerprint density at radius 3 is 2.80 bits per heavy atom. The van der Waals surface area contributed by atoms with Gasteiger partial charge < -0.3 is 9.64 Å². The lowest BCUT2D eigenvalue weighted by molar-refractivity contribution is 0.0411. The summed E-state index contributed by atoms with van der Waals surface area (Å²) < 4.78 is 5.50. The second kappa shape index (κ2) is 7.38. The summed E-state index contributed by atoms with van der Waals surface area (Å²) in [5.74, 6) is 5.48. The van der Waals surface area contributed by atoms with E-state index in [1.165, 1.54) is 18.4 Å². The van der Waals surface area contributed by atoms with Crippen LogP contribution in [0.25, 0.3) is 0 Å². The third kappa shape index (κ3) is 4.30. The van der Waals surface area contributed by atoms with Crippen LogP contribution in [0, 0.1) is 5.92 Å². The molecule has 20 heavy (non-hydrogen) atoms. The maximum absolute atomic E-state index is 11.3. The van der Waals surface area contributed by atoms with Crippen LogP contribution in [0.15, 0.2) is 24.3 Å². The van der Waals surface area contributed by atoms with Crippen LogP contribution in [0.1, 0.15) is 28.8 Å². The number of nitrogen functional groups attached to an aromatic ring is 1. The third-order valence-electron chi connectivity index (χ3n) is 3.62. The van der Waals surface area contributed by atoms with Crippen LogP contribution >= 0.6 is 0 Å². The van der Waals surface area contributed by atoms with Gasteiger partial charge in [-0.05, 0) is 43.5 Å². The Hall–Kier alpha value is -1.43. The van der Waals surface area contributed by atoms with Crippen LogP contribution < -0.4 is 11.3 Å². The molecule has 110 valence electrons. The van der Waals surface area contributed by atoms with E-state index in [9.17, 15) is 4.79 Å². The van der Waals surface area contributed by atoms with E-state index >= 15 is 0 Å². The highest BCUT2D eigenvalue weighted by Crippen LogP contribution is 2.15. The molecule has 1 aliphatic heterocycles. The third-order valence-corrected chi connectivity index (χ3v) is 3.62. The molecule has 1 amide bonds. The van der Waals surface area contributed by atoms with Crippen molar-refractivity contribution in [1.82, 2.24) is 10.3 Å². The monoisotopic (exact) mass is 277 g/mol. The second-order valence-corrected chi connectivity index (χ2v) is 5.45. The van der Waals surface area contributed by atoms with Gasteiger partial charge in [-0.1, -0.05) is 12.1 Å². The lowest BCUT2D eigenvalue weighted by Gasteiger charge is -2.27. The van der Waals surface area contributed by atoms with E-state index in [1.54, 1.807) is 12.1 Å². The first-order valence-electron chi connectivity index (χ1n) is 7.05. The zero-order valence-electron chi connectivity index (χ0n) is 12.0. The SMILES string of the molecule is CN(Cc1ccc(C(=O)NN)cc1)CC1CCCOC1. The van der Waals surface area contributed by atoms with Crippen molar-refractivity contribution in [3.63, 3.8) is 0 Å². The van der Waals surface area contributed by atoms with Crippen LogP contribution in [-0.4, -0.2) is 37.6 Å². The summed E-state index contributed by atoms with van der Waals surface area (Å²) in [6, 6.07) is 7.54. The summed E-state index contributed by atoms with van der Waals surface area (Å²) in [6.45, 7) is 3.71. The normalized spacial score (nSPS) is 19.1. The van der Waals surface area contributed by atoms with Gasteiger partial charge in [0, 0.05) is 25.3 Å². The fraction of sp³-hybridized carbons (Fsp3) is 0.533. The van der Waals surface area contributed by atoms with Crippen LogP contribution in [0.2, 0.25) is 0 Å². The number of carbonyl (C=O) groups is 1. The zero-order valence-corrected chi connectivity index (χ0v) is 12.0. The number of amides is 1. The van der Waals surface area contributed by atoms with Crippen molar-refractivity contribution in [1.29, 1.82) is 0 Å². The van der Waals surface area contributed by atoms with Gasteiger partial charge in [0.05, 0.1) is 6.61 Å². The van der Waals surface area contributed by atoms with E-state index in [2.05, 4.69) is 17.4 Å². The topological polar surface area (TPSA) is 67.6 Å². The number of carbonyl (C=O) groups excluding carboxylic acids is 1. The molecule has 1 aliphatic rings. The molecule has 0 spiro atoms. The number of hydrogen-bond donors (Lipinski definition) is 2. The Bertz CT molecular complexity index is 427. The molecule has 0 radical (unpaired) electrons. The largest absolute Gasteiger partial charge is 0.381 e. The minimum atomic E-state index is -0.260. The van der Waals surface area contributed by atoms with Gasteiger partial charge in [0.1, 0.15) is 0 Å². The first-order valence-corrected chi connectivity index (χ1v) is 7.05. The molecule has 3 N–H and O–H groups in total. The van der Waals surface area contributed by atoms with Crippen LogP contribution in [0.3, 0.4) is 0 Å². The Labute approximate surface area is 120 Å². The van der Waals surface area contributed by atoms with Crippen molar-refractivity contribution >= 4 is 5.91 Å². The van der Waals surface area contributed by atoms with Crippen molar-refractivity contribution in [2.45, 2.75) is 19.4 Å². The summed E-state index contributed by atoms with van der Waals surface area (Å²) in [5.41, 5.74) is 3.91. The zero-order chi connectivity index (χ0) is 14.4. The molecule has 0 bridgehead atoms. The molecule has 0 aliphatic carbocycles. The van der Waals surface area contributed by atoms with Crippen molar-refractivity contribution in [2.24, 2.45) is 11.8 Å². The number of nitrogens with two attached hydrogens (primary N) is 1. The Morgan fingerprint density at radius 1 is 1.45 bits per heavy atom. The Balaban J connectivity index is 1.84. The van der Waals surface area contributed by atoms with Gasteiger partial charge in [-0.3, -0.25) is 10.2 Å². The quantitative estimate of drug-likeness (QED) is 0.481. The van der Waals surface area contributed by atoms with E-state index < -0.39 is 0 Å². The van der Waals surface area contributed by atoms with E-state index in [4.69, 9.17) is 10.6 Å². The van der Waals surface area contributed by atoms with Crippen molar-refractivity contribution < 1.29 is 9.53 Å². The molecule has 1 fully saturated rings. The van der Waals surface area contributed by atoms with Crippen LogP contribution in [-0.2, 0) is 11.3 Å².